The lowest BCUT2D eigenvalue weighted by Crippen LogP contribution is -2.39. The van der Waals surface area contributed by atoms with Crippen LogP contribution in [-0.4, -0.2) is 23.2 Å². The van der Waals surface area contributed by atoms with Crippen LogP contribution < -0.4 is 15.4 Å². The molecule has 0 saturated heterocycles. The number of benzene rings is 1. The summed E-state index contributed by atoms with van der Waals surface area (Å²) in [4.78, 5) is 4.26. The summed E-state index contributed by atoms with van der Waals surface area (Å²) in [7, 11) is 1.61. The van der Waals surface area contributed by atoms with Gasteiger partial charge in [-0.25, -0.2) is 4.98 Å². The summed E-state index contributed by atoms with van der Waals surface area (Å²) >= 11 is 5.41. The van der Waals surface area contributed by atoms with Crippen molar-refractivity contribution in [1.29, 1.82) is 0 Å². The van der Waals surface area contributed by atoms with E-state index in [9.17, 15) is 0 Å². The van der Waals surface area contributed by atoms with Gasteiger partial charge in [0.1, 0.15) is 0 Å². The minimum atomic E-state index is 0.0615. The predicted octanol–water partition coefficient (Wildman–Crippen LogP) is 4.13. The third-order valence-electron chi connectivity index (χ3n) is 3.97. The zero-order chi connectivity index (χ0) is 17.6. The van der Waals surface area contributed by atoms with Crippen LogP contribution in [0.4, 0.5) is 5.82 Å². The molecular formula is C19H25N3OS. The normalized spacial score (nSPS) is 12.3. The second-order valence-corrected chi connectivity index (χ2v) is 6.92. The monoisotopic (exact) mass is 343 g/mol. The Morgan fingerprint density at radius 3 is 2.58 bits per heavy atom. The van der Waals surface area contributed by atoms with Crippen molar-refractivity contribution in [3.8, 4) is 5.75 Å². The zero-order valence-electron chi connectivity index (χ0n) is 14.7. The maximum atomic E-state index is 5.41. The summed E-state index contributed by atoms with van der Waals surface area (Å²) in [5.74, 6) is 1.28. The highest BCUT2D eigenvalue weighted by Gasteiger charge is 2.23. The van der Waals surface area contributed by atoms with Gasteiger partial charge < -0.3 is 15.4 Å². The van der Waals surface area contributed by atoms with E-state index >= 15 is 0 Å². The number of rotatable bonds is 6. The summed E-state index contributed by atoms with van der Waals surface area (Å²) < 4.78 is 5.28. The molecule has 0 aliphatic heterocycles. The van der Waals surface area contributed by atoms with E-state index in [-0.39, 0.29) is 11.5 Å². The highest BCUT2D eigenvalue weighted by molar-refractivity contribution is 7.80. The molecule has 0 saturated carbocycles. The maximum absolute atomic E-state index is 5.41. The van der Waals surface area contributed by atoms with Crippen molar-refractivity contribution in [2.75, 3.05) is 12.4 Å². The molecule has 1 aromatic heterocycles. The Hall–Kier alpha value is -2.14. The largest absolute Gasteiger partial charge is 0.493 e. The van der Waals surface area contributed by atoms with E-state index in [1.807, 2.05) is 18.2 Å². The van der Waals surface area contributed by atoms with E-state index in [2.05, 4.69) is 60.7 Å². The van der Waals surface area contributed by atoms with Gasteiger partial charge in [-0.15, -0.1) is 0 Å². The average Bonchev–Trinajstić information content (AvgIpc) is 2.55. The molecule has 0 fully saturated rings. The van der Waals surface area contributed by atoms with Gasteiger partial charge in [0.25, 0.3) is 0 Å². The van der Waals surface area contributed by atoms with Crippen molar-refractivity contribution in [3.63, 3.8) is 0 Å². The Morgan fingerprint density at radius 2 is 1.92 bits per heavy atom. The standard InChI is InChI=1S/C19H25N3OS/c1-14(13-19(2,3)15-9-6-5-7-10-15)21-18(24)22-17-16(23-4)11-8-12-20-17/h5-12,14H,13H2,1-4H3,(H2,20,21,22,24). The van der Waals surface area contributed by atoms with E-state index < -0.39 is 0 Å². The van der Waals surface area contributed by atoms with Crippen molar-refractivity contribution in [3.05, 3.63) is 54.2 Å². The first-order chi connectivity index (χ1) is 11.4. The van der Waals surface area contributed by atoms with Gasteiger partial charge in [-0.1, -0.05) is 44.2 Å². The summed E-state index contributed by atoms with van der Waals surface area (Å²) in [6.45, 7) is 6.63. The summed E-state index contributed by atoms with van der Waals surface area (Å²) in [6.07, 6.45) is 2.66. The summed E-state index contributed by atoms with van der Waals surface area (Å²) in [5.41, 5.74) is 1.38. The lowest BCUT2D eigenvalue weighted by Gasteiger charge is -2.29. The Kier molecular flexibility index (Phi) is 6.15. The molecular weight excluding hydrogens is 318 g/mol. The van der Waals surface area contributed by atoms with E-state index in [0.29, 0.717) is 16.7 Å². The smallest absolute Gasteiger partial charge is 0.174 e. The van der Waals surface area contributed by atoms with E-state index in [1.54, 1.807) is 13.3 Å². The van der Waals surface area contributed by atoms with Crippen molar-refractivity contribution in [2.24, 2.45) is 0 Å². The minimum absolute atomic E-state index is 0.0615. The van der Waals surface area contributed by atoms with Crippen LogP contribution in [0.5, 0.6) is 5.75 Å². The molecule has 0 amide bonds. The molecule has 0 aliphatic carbocycles. The number of anilines is 1. The maximum Gasteiger partial charge on any atom is 0.174 e. The number of hydrogen-bond donors (Lipinski definition) is 2. The molecule has 0 radical (unpaired) electrons. The molecule has 1 atom stereocenters. The molecule has 0 bridgehead atoms. The van der Waals surface area contributed by atoms with Gasteiger partial charge in [0, 0.05) is 12.2 Å². The molecule has 128 valence electrons. The molecule has 2 N–H and O–H groups in total. The van der Waals surface area contributed by atoms with E-state index in [0.717, 1.165) is 6.42 Å². The third kappa shape index (κ3) is 4.93. The van der Waals surface area contributed by atoms with Crippen molar-refractivity contribution in [2.45, 2.75) is 38.6 Å². The van der Waals surface area contributed by atoms with Gasteiger partial charge in [0.2, 0.25) is 0 Å². The fraction of sp³-hybridized carbons (Fsp3) is 0.368. The summed E-state index contributed by atoms with van der Waals surface area (Å²) in [6, 6.07) is 14.4. The van der Waals surface area contributed by atoms with E-state index in [4.69, 9.17) is 17.0 Å². The molecule has 5 heteroatoms. The van der Waals surface area contributed by atoms with Gasteiger partial charge in [-0.3, -0.25) is 0 Å². The van der Waals surface area contributed by atoms with Crippen LogP contribution in [-0.2, 0) is 5.41 Å². The number of nitrogens with one attached hydrogen (secondary N) is 2. The Balaban J connectivity index is 1.94. The van der Waals surface area contributed by atoms with Crippen LogP contribution in [0, 0.1) is 0 Å². The van der Waals surface area contributed by atoms with Gasteiger partial charge in [0.05, 0.1) is 7.11 Å². The molecule has 24 heavy (non-hydrogen) atoms. The van der Waals surface area contributed by atoms with Crippen molar-refractivity contribution in [1.82, 2.24) is 10.3 Å². The van der Waals surface area contributed by atoms with Crippen LogP contribution in [0.1, 0.15) is 32.8 Å². The molecule has 1 heterocycles. The number of thiocarbonyl (C=S) groups is 1. The molecule has 2 aromatic rings. The zero-order valence-corrected chi connectivity index (χ0v) is 15.5. The number of ether oxygens (including phenoxy) is 1. The van der Waals surface area contributed by atoms with Crippen LogP contribution >= 0.6 is 12.2 Å². The van der Waals surface area contributed by atoms with Gasteiger partial charge in [0.15, 0.2) is 16.7 Å². The third-order valence-corrected chi connectivity index (χ3v) is 4.19. The number of methoxy groups -OCH3 is 1. The predicted molar refractivity (Wildman–Crippen MR) is 104 cm³/mol. The Morgan fingerprint density at radius 1 is 1.21 bits per heavy atom. The first kappa shape index (κ1) is 18.2. The highest BCUT2D eigenvalue weighted by atomic mass is 32.1. The highest BCUT2D eigenvalue weighted by Crippen LogP contribution is 2.28. The Labute approximate surface area is 149 Å². The van der Waals surface area contributed by atoms with Crippen LogP contribution in [0.25, 0.3) is 0 Å². The second-order valence-electron chi connectivity index (χ2n) is 6.51. The molecule has 1 aromatic carbocycles. The quantitative estimate of drug-likeness (QED) is 0.772. The number of hydrogen-bond acceptors (Lipinski definition) is 3. The Bertz CT molecular complexity index is 673. The van der Waals surface area contributed by atoms with Gasteiger partial charge in [-0.05, 0) is 48.7 Å². The lowest BCUT2D eigenvalue weighted by molar-refractivity contribution is 0.414. The minimum Gasteiger partial charge on any atom is -0.493 e. The lowest BCUT2D eigenvalue weighted by atomic mass is 9.79. The molecule has 0 aliphatic rings. The van der Waals surface area contributed by atoms with Crippen LogP contribution in [0.3, 0.4) is 0 Å². The number of nitrogens with zero attached hydrogens (tertiary/aromatic N) is 1. The van der Waals surface area contributed by atoms with Crippen molar-refractivity contribution >= 4 is 23.1 Å². The first-order valence-corrected chi connectivity index (χ1v) is 8.45. The van der Waals surface area contributed by atoms with Gasteiger partial charge in [-0.2, -0.15) is 0 Å². The number of aromatic nitrogens is 1. The molecule has 1 unspecified atom stereocenters. The molecule has 0 spiro atoms. The average molecular weight is 343 g/mol. The van der Waals surface area contributed by atoms with Crippen LogP contribution in [0.2, 0.25) is 0 Å². The van der Waals surface area contributed by atoms with Crippen molar-refractivity contribution < 1.29 is 4.74 Å². The van der Waals surface area contributed by atoms with E-state index in [1.165, 1.54) is 5.56 Å². The second kappa shape index (κ2) is 8.11. The van der Waals surface area contributed by atoms with Crippen LogP contribution in [0.15, 0.2) is 48.7 Å². The topological polar surface area (TPSA) is 46.2 Å². The first-order valence-electron chi connectivity index (χ1n) is 8.04. The number of pyridine rings is 1. The fourth-order valence-corrected chi connectivity index (χ4v) is 3.14. The SMILES string of the molecule is COc1cccnc1NC(=S)NC(C)CC(C)(C)c1ccccc1. The molecule has 2 rings (SSSR count). The summed E-state index contributed by atoms with van der Waals surface area (Å²) in [5, 5.41) is 6.98. The molecule has 4 nitrogen and oxygen atoms in total. The fourth-order valence-electron chi connectivity index (χ4n) is 2.84. The van der Waals surface area contributed by atoms with Gasteiger partial charge >= 0.3 is 0 Å².